The van der Waals surface area contributed by atoms with Crippen molar-refractivity contribution in [1.82, 2.24) is 0 Å². The molecule has 0 aliphatic rings. The van der Waals surface area contributed by atoms with Gasteiger partial charge in [-0.2, -0.15) is 0 Å². The number of para-hydroxylation sites is 1. The number of rotatable bonds is 6. The molecule has 2 rings (SSSR count). The molecule has 0 fully saturated rings. The molecule has 29 heavy (non-hydrogen) atoms. The van der Waals surface area contributed by atoms with Crippen LogP contribution in [0.4, 0.5) is 5.69 Å². The number of carbonyl (C=O) groups excluding carboxylic acids is 3. The van der Waals surface area contributed by atoms with E-state index in [1.54, 1.807) is 31.2 Å². The summed E-state index contributed by atoms with van der Waals surface area (Å²) in [4.78, 5) is 36.9. The van der Waals surface area contributed by atoms with Crippen LogP contribution >= 0.6 is 0 Å². The van der Waals surface area contributed by atoms with Gasteiger partial charge in [-0.3, -0.25) is 4.79 Å². The third-order valence-corrected chi connectivity index (χ3v) is 5.23. The lowest BCUT2D eigenvalue weighted by Gasteiger charge is -2.17. The van der Waals surface area contributed by atoms with Crippen LogP contribution in [0.15, 0.2) is 24.3 Å². The summed E-state index contributed by atoms with van der Waals surface area (Å²) < 4.78 is 10.2. The molecule has 1 amide bonds. The molecule has 0 heterocycles. The second-order valence-corrected chi connectivity index (χ2v) is 6.89. The van der Waals surface area contributed by atoms with Crippen molar-refractivity contribution in [3.63, 3.8) is 0 Å². The minimum absolute atomic E-state index is 0.229. The van der Waals surface area contributed by atoms with Crippen LogP contribution in [-0.2, 0) is 14.3 Å². The number of hydrogen-bond acceptors (Lipinski definition) is 5. The van der Waals surface area contributed by atoms with Crippen molar-refractivity contribution in [1.29, 1.82) is 0 Å². The summed E-state index contributed by atoms with van der Waals surface area (Å²) in [6, 6.07) is 6.52. The third kappa shape index (κ3) is 4.83. The zero-order valence-corrected chi connectivity index (χ0v) is 17.8. The zero-order valence-electron chi connectivity index (χ0n) is 17.8. The maximum Gasteiger partial charge on any atom is 0.340 e. The average molecular weight is 397 g/mol. The fourth-order valence-corrected chi connectivity index (χ4v) is 3.17. The summed E-state index contributed by atoms with van der Waals surface area (Å²) in [5.74, 6) is -1.61. The number of carbonyl (C=O) groups is 3. The summed E-state index contributed by atoms with van der Waals surface area (Å²) in [5, 5.41) is 2.60. The maximum absolute atomic E-state index is 12.6. The highest BCUT2D eigenvalue weighted by atomic mass is 16.5. The molecule has 2 aromatic rings. The first-order valence-corrected chi connectivity index (χ1v) is 9.49. The van der Waals surface area contributed by atoms with Gasteiger partial charge in [-0.05, 0) is 81.5 Å². The van der Waals surface area contributed by atoms with Crippen LogP contribution in [0.2, 0.25) is 0 Å². The Labute approximate surface area is 171 Å². The van der Waals surface area contributed by atoms with E-state index in [9.17, 15) is 14.4 Å². The normalized spacial score (nSPS) is 10.4. The lowest BCUT2D eigenvalue weighted by atomic mass is 9.90. The minimum Gasteiger partial charge on any atom is -0.462 e. The summed E-state index contributed by atoms with van der Waals surface area (Å²) in [7, 11) is 0. The molecule has 0 spiro atoms. The first-order valence-electron chi connectivity index (χ1n) is 9.49. The lowest BCUT2D eigenvalue weighted by Crippen LogP contribution is -2.23. The molecule has 0 bridgehead atoms. The van der Waals surface area contributed by atoms with E-state index in [0.717, 1.165) is 27.8 Å². The summed E-state index contributed by atoms with van der Waals surface area (Å²) >= 11 is 0. The van der Waals surface area contributed by atoms with Crippen molar-refractivity contribution >= 4 is 23.5 Å². The van der Waals surface area contributed by atoms with E-state index in [0.29, 0.717) is 11.3 Å². The van der Waals surface area contributed by atoms with Crippen molar-refractivity contribution < 1.29 is 23.9 Å². The minimum atomic E-state index is -0.542. The Balaban J connectivity index is 2.12. The first-order chi connectivity index (χ1) is 13.7. The standard InChI is InChI=1S/C23H27NO5/c1-7-28-22(26)18-10-8-9-11-19(18)24-20(25)12-29-23(27)21-16(5)14(3)13(2)15(4)17(21)6/h8-11H,7,12H2,1-6H3,(H,24,25). The van der Waals surface area contributed by atoms with Gasteiger partial charge in [-0.15, -0.1) is 0 Å². The zero-order chi connectivity index (χ0) is 21.7. The van der Waals surface area contributed by atoms with Crippen LogP contribution in [-0.4, -0.2) is 31.1 Å². The maximum atomic E-state index is 12.6. The SMILES string of the molecule is CCOC(=O)c1ccccc1NC(=O)COC(=O)c1c(C)c(C)c(C)c(C)c1C. The molecule has 6 heteroatoms. The molecular formula is C23H27NO5. The molecule has 0 aliphatic carbocycles. The molecule has 2 aromatic carbocycles. The van der Waals surface area contributed by atoms with Crippen LogP contribution in [0.25, 0.3) is 0 Å². The van der Waals surface area contributed by atoms with Gasteiger partial charge < -0.3 is 14.8 Å². The largest absolute Gasteiger partial charge is 0.462 e. The molecule has 0 atom stereocenters. The smallest absolute Gasteiger partial charge is 0.340 e. The number of anilines is 1. The lowest BCUT2D eigenvalue weighted by molar-refractivity contribution is -0.119. The summed E-state index contributed by atoms with van der Waals surface area (Å²) in [5.41, 5.74) is 5.95. The number of ether oxygens (including phenoxy) is 2. The third-order valence-electron chi connectivity index (χ3n) is 5.23. The fraction of sp³-hybridized carbons (Fsp3) is 0.348. The highest BCUT2D eigenvalue weighted by molar-refractivity contribution is 6.02. The van der Waals surface area contributed by atoms with Gasteiger partial charge in [0.25, 0.3) is 5.91 Å². The van der Waals surface area contributed by atoms with Crippen LogP contribution in [0.3, 0.4) is 0 Å². The van der Waals surface area contributed by atoms with Crippen molar-refractivity contribution in [2.24, 2.45) is 0 Å². The molecule has 0 saturated heterocycles. The molecule has 0 unspecified atom stereocenters. The topological polar surface area (TPSA) is 81.7 Å². The van der Waals surface area contributed by atoms with E-state index in [1.807, 2.05) is 34.6 Å². The van der Waals surface area contributed by atoms with Crippen LogP contribution in [0.5, 0.6) is 0 Å². The Morgan fingerprint density at radius 2 is 1.34 bits per heavy atom. The number of nitrogens with one attached hydrogen (secondary N) is 1. The van der Waals surface area contributed by atoms with E-state index < -0.39 is 24.5 Å². The fourth-order valence-electron chi connectivity index (χ4n) is 3.17. The Kier molecular flexibility index (Phi) is 7.15. The monoisotopic (exact) mass is 397 g/mol. The molecule has 6 nitrogen and oxygen atoms in total. The quantitative estimate of drug-likeness (QED) is 0.739. The first kappa shape index (κ1) is 22.1. The predicted octanol–water partition coefficient (Wildman–Crippen LogP) is 4.20. The van der Waals surface area contributed by atoms with Gasteiger partial charge in [0, 0.05) is 0 Å². The predicted molar refractivity (Wildman–Crippen MR) is 111 cm³/mol. The highest BCUT2D eigenvalue weighted by Crippen LogP contribution is 2.26. The molecule has 0 saturated carbocycles. The number of hydrogen-bond donors (Lipinski definition) is 1. The summed E-state index contributed by atoms with van der Waals surface area (Å²) in [6.45, 7) is 11.2. The molecule has 154 valence electrons. The molecular weight excluding hydrogens is 370 g/mol. The van der Waals surface area contributed by atoms with E-state index in [2.05, 4.69) is 5.32 Å². The van der Waals surface area contributed by atoms with Gasteiger partial charge in [0.15, 0.2) is 6.61 Å². The van der Waals surface area contributed by atoms with E-state index in [4.69, 9.17) is 9.47 Å². The number of esters is 2. The Morgan fingerprint density at radius 1 is 0.793 bits per heavy atom. The summed E-state index contributed by atoms with van der Waals surface area (Å²) in [6.07, 6.45) is 0. The molecule has 0 radical (unpaired) electrons. The van der Waals surface area contributed by atoms with Gasteiger partial charge in [-0.25, -0.2) is 9.59 Å². The van der Waals surface area contributed by atoms with Crippen LogP contribution < -0.4 is 5.32 Å². The second kappa shape index (κ2) is 9.37. The Bertz CT molecular complexity index is 933. The van der Waals surface area contributed by atoms with Crippen LogP contribution in [0, 0.1) is 34.6 Å². The number of amides is 1. The molecule has 0 aliphatic heterocycles. The van der Waals surface area contributed by atoms with Crippen LogP contribution in [0.1, 0.15) is 55.5 Å². The van der Waals surface area contributed by atoms with E-state index >= 15 is 0 Å². The van der Waals surface area contributed by atoms with Crippen molar-refractivity contribution in [3.05, 3.63) is 63.2 Å². The molecule has 0 aromatic heterocycles. The van der Waals surface area contributed by atoms with Crippen molar-refractivity contribution in [2.45, 2.75) is 41.5 Å². The van der Waals surface area contributed by atoms with E-state index in [-0.39, 0.29) is 12.2 Å². The van der Waals surface area contributed by atoms with Gasteiger partial charge in [0.2, 0.25) is 0 Å². The highest BCUT2D eigenvalue weighted by Gasteiger charge is 2.21. The number of benzene rings is 2. The second-order valence-electron chi connectivity index (χ2n) is 6.89. The van der Waals surface area contributed by atoms with Crippen molar-refractivity contribution in [2.75, 3.05) is 18.5 Å². The van der Waals surface area contributed by atoms with E-state index in [1.165, 1.54) is 0 Å². The van der Waals surface area contributed by atoms with Crippen molar-refractivity contribution in [3.8, 4) is 0 Å². The average Bonchev–Trinajstić information content (AvgIpc) is 2.70. The Hall–Kier alpha value is -3.15. The molecule has 1 N–H and O–H groups in total. The van der Waals surface area contributed by atoms with Gasteiger partial charge in [0.05, 0.1) is 23.4 Å². The van der Waals surface area contributed by atoms with Gasteiger partial charge >= 0.3 is 11.9 Å². The van der Waals surface area contributed by atoms with Gasteiger partial charge in [-0.1, -0.05) is 12.1 Å². The Morgan fingerprint density at radius 3 is 1.93 bits per heavy atom. The van der Waals surface area contributed by atoms with Gasteiger partial charge in [0.1, 0.15) is 0 Å².